The Balaban J connectivity index is 2.10. The molecular weight excluding hydrogens is 200 g/mol. The Bertz CT molecular complexity index is 215. The van der Waals surface area contributed by atoms with Crippen LogP contribution in [0.15, 0.2) is 4.99 Å². The molecule has 0 amide bonds. The first kappa shape index (κ1) is 13.3. The van der Waals surface area contributed by atoms with E-state index in [4.69, 9.17) is 0 Å². The molecule has 1 saturated heterocycles. The van der Waals surface area contributed by atoms with Gasteiger partial charge in [-0.25, -0.2) is 0 Å². The molecule has 0 radical (unpaired) electrons. The van der Waals surface area contributed by atoms with Crippen molar-refractivity contribution >= 4 is 5.96 Å². The van der Waals surface area contributed by atoms with Gasteiger partial charge in [0.1, 0.15) is 0 Å². The largest absolute Gasteiger partial charge is 0.359 e. The second-order valence-electron chi connectivity index (χ2n) is 4.48. The van der Waals surface area contributed by atoms with Crippen LogP contribution in [0.4, 0.5) is 0 Å². The summed E-state index contributed by atoms with van der Waals surface area (Å²) < 4.78 is 0. The minimum absolute atomic E-state index is 0.775. The van der Waals surface area contributed by atoms with Crippen LogP contribution in [0, 0.1) is 0 Å². The fraction of sp³-hybridized carbons (Fsp3) is 0.917. The maximum atomic E-state index is 4.09. The summed E-state index contributed by atoms with van der Waals surface area (Å²) in [4.78, 5) is 6.69. The van der Waals surface area contributed by atoms with Crippen molar-refractivity contribution < 1.29 is 0 Å². The van der Waals surface area contributed by atoms with E-state index in [2.05, 4.69) is 27.4 Å². The van der Waals surface area contributed by atoms with Gasteiger partial charge in [0, 0.05) is 33.2 Å². The van der Waals surface area contributed by atoms with Crippen molar-refractivity contribution in [1.82, 2.24) is 15.5 Å². The fourth-order valence-corrected chi connectivity index (χ4v) is 2.26. The highest BCUT2D eigenvalue weighted by molar-refractivity contribution is 5.79. The minimum atomic E-state index is 0.775. The van der Waals surface area contributed by atoms with Crippen LogP contribution in [0.5, 0.6) is 0 Å². The SMILES string of the molecule is CN=C(NC)NCCCN1CCCC[C@@H]1C. The van der Waals surface area contributed by atoms with Gasteiger partial charge in [-0.05, 0) is 32.7 Å². The molecular formula is C12H26N4. The van der Waals surface area contributed by atoms with Gasteiger partial charge in [0.25, 0.3) is 0 Å². The quantitative estimate of drug-likeness (QED) is 0.427. The molecule has 0 aromatic carbocycles. The van der Waals surface area contributed by atoms with Crippen molar-refractivity contribution in [2.75, 3.05) is 33.7 Å². The second-order valence-corrected chi connectivity index (χ2v) is 4.48. The number of hydrogen-bond donors (Lipinski definition) is 2. The first-order chi connectivity index (χ1) is 7.77. The Morgan fingerprint density at radius 3 is 2.88 bits per heavy atom. The fourth-order valence-electron chi connectivity index (χ4n) is 2.26. The van der Waals surface area contributed by atoms with Crippen LogP contribution in [0.2, 0.25) is 0 Å². The van der Waals surface area contributed by atoms with Crippen molar-refractivity contribution in [3.8, 4) is 0 Å². The smallest absolute Gasteiger partial charge is 0.190 e. The summed E-state index contributed by atoms with van der Waals surface area (Å²) in [5.41, 5.74) is 0. The summed E-state index contributed by atoms with van der Waals surface area (Å²) in [6.45, 7) is 5.83. The Morgan fingerprint density at radius 2 is 2.25 bits per heavy atom. The van der Waals surface area contributed by atoms with Gasteiger partial charge in [0.15, 0.2) is 5.96 Å². The summed E-state index contributed by atoms with van der Waals surface area (Å²) in [5.74, 6) is 0.881. The lowest BCUT2D eigenvalue weighted by Gasteiger charge is -2.33. The van der Waals surface area contributed by atoms with Crippen molar-refractivity contribution in [2.45, 2.75) is 38.6 Å². The predicted molar refractivity (Wildman–Crippen MR) is 69.9 cm³/mol. The van der Waals surface area contributed by atoms with Crippen LogP contribution in [-0.4, -0.2) is 50.6 Å². The third kappa shape index (κ3) is 4.39. The van der Waals surface area contributed by atoms with E-state index in [1.165, 1.54) is 38.8 Å². The molecule has 0 aromatic rings. The third-order valence-corrected chi connectivity index (χ3v) is 3.32. The zero-order chi connectivity index (χ0) is 11.8. The average molecular weight is 226 g/mol. The first-order valence-electron chi connectivity index (χ1n) is 6.40. The van der Waals surface area contributed by atoms with Crippen molar-refractivity contribution in [3.63, 3.8) is 0 Å². The highest BCUT2D eigenvalue weighted by Gasteiger charge is 2.16. The highest BCUT2D eigenvalue weighted by atomic mass is 15.2. The molecule has 16 heavy (non-hydrogen) atoms. The maximum Gasteiger partial charge on any atom is 0.190 e. The molecule has 1 aliphatic rings. The first-order valence-corrected chi connectivity index (χ1v) is 6.40. The monoisotopic (exact) mass is 226 g/mol. The van der Waals surface area contributed by atoms with E-state index in [0.29, 0.717) is 0 Å². The third-order valence-electron chi connectivity index (χ3n) is 3.32. The topological polar surface area (TPSA) is 39.7 Å². The summed E-state index contributed by atoms with van der Waals surface area (Å²) in [7, 11) is 3.69. The molecule has 4 nitrogen and oxygen atoms in total. The van der Waals surface area contributed by atoms with Gasteiger partial charge in [0.05, 0.1) is 0 Å². The van der Waals surface area contributed by atoms with Gasteiger partial charge in [-0.2, -0.15) is 0 Å². The minimum Gasteiger partial charge on any atom is -0.359 e. The van der Waals surface area contributed by atoms with Gasteiger partial charge < -0.3 is 15.5 Å². The van der Waals surface area contributed by atoms with Gasteiger partial charge >= 0.3 is 0 Å². The van der Waals surface area contributed by atoms with E-state index in [1.54, 1.807) is 7.05 Å². The molecule has 0 aliphatic carbocycles. The van der Waals surface area contributed by atoms with Gasteiger partial charge in [-0.3, -0.25) is 4.99 Å². The van der Waals surface area contributed by atoms with Crippen LogP contribution in [0.1, 0.15) is 32.6 Å². The van der Waals surface area contributed by atoms with E-state index in [1.807, 2.05) is 7.05 Å². The van der Waals surface area contributed by atoms with E-state index in [0.717, 1.165) is 18.5 Å². The molecule has 0 spiro atoms. The molecule has 0 bridgehead atoms. The second kappa shape index (κ2) is 7.49. The Hall–Kier alpha value is -0.770. The van der Waals surface area contributed by atoms with Crippen LogP contribution < -0.4 is 10.6 Å². The summed E-state index contributed by atoms with van der Waals surface area (Å²) in [6.07, 6.45) is 5.33. The van der Waals surface area contributed by atoms with Gasteiger partial charge in [-0.15, -0.1) is 0 Å². The number of likely N-dealkylation sites (tertiary alicyclic amines) is 1. The number of rotatable bonds is 4. The zero-order valence-electron chi connectivity index (χ0n) is 10.9. The molecule has 1 heterocycles. The van der Waals surface area contributed by atoms with Crippen molar-refractivity contribution in [2.24, 2.45) is 4.99 Å². The number of nitrogens with zero attached hydrogens (tertiary/aromatic N) is 2. The number of hydrogen-bond acceptors (Lipinski definition) is 2. The normalized spacial score (nSPS) is 23.2. The van der Waals surface area contributed by atoms with Gasteiger partial charge in [0.2, 0.25) is 0 Å². The molecule has 1 aliphatic heterocycles. The Labute approximate surface area is 99.5 Å². The lowest BCUT2D eigenvalue weighted by atomic mass is 10.0. The van der Waals surface area contributed by atoms with Crippen molar-refractivity contribution in [1.29, 1.82) is 0 Å². The number of nitrogens with one attached hydrogen (secondary N) is 2. The molecule has 1 rings (SSSR count). The molecule has 0 unspecified atom stereocenters. The van der Waals surface area contributed by atoms with E-state index >= 15 is 0 Å². The zero-order valence-corrected chi connectivity index (χ0v) is 10.9. The van der Waals surface area contributed by atoms with Crippen LogP contribution in [0.25, 0.3) is 0 Å². The van der Waals surface area contributed by atoms with E-state index in [9.17, 15) is 0 Å². The summed E-state index contributed by atoms with van der Waals surface area (Å²) in [5, 5.41) is 6.31. The lowest BCUT2D eigenvalue weighted by Crippen LogP contribution is -2.40. The van der Waals surface area contributed by atoms with Gasteiger partial charge in [-0.1, -0.05) is 6.42 Å². The Kier molecular flexibility index (Phi) is 6.23. The molecule has 0 saturated carbocycles. The number of aliphatic imine (C=N–C) groups is 1. The number of piperidine rings is 1. The molecule has 94 valence electrons. The highest BCUT2D eigenvalue weighted by Crippen LogP contribution is 2.15. The molecule has 2 N–H and O–H groups in total. The van der Waals surface area contributed by atoms with E-state index < -0.39 is 0 Å². The summed E-state index contributed by atoms with van der Waals surface area (Å²) >= 11 is 0. The summed E-state index contributed by atoms with van der Waals surface area (Å²) in [6, 6.07) is 0.775. The average Bonchev–Trinajstić information content (AvgIpc) is 2.31. The van der Waals surface area contributed by atoms with Crippen LogP contribution in [-0.2, 0) is 0 Å². The molecule has 1 atom stereocenters. The molecule has 4 heteroatoms. The van der Waals surface area contributed by atoms with Crippen LogP contribution in [0.3, 0.4) is 0 Å². The maximum absolute atomic E-state index is 4.09. The molecule has 1 fully saturated rings. The molecule has 0 aromatic heterocycles. The predicted octanol–water partition coefficient (Wildman–Crippen LogP) is 1.05. The van der Waals surface area contributed by atoms with E-state index in [-0.39, 0.29) is 0 Å². The lowest BCUT2D eigenvalue weighted by molar-refractivity contribution is 0.159. The number of guanidine groups is 1. The standard InChI is InChI=1S/C12H26N4/c1-11-7-4-5-9-16(11)10-6-8-15-12(13-2)14-3/h11H,4-10H2,1-3H3,(H2,13,14,15)/t11-/m0/s1. The van der Waals surface area contributed by atoms with Crippen LogP contribution >= 0.6 is 0 Å². The Morgan fingerprint density at radius 1 is 1.44 bits per heavy atom. The van der Waals surface area contributed by atoms with Crippen molar-refractivity contribution in [3.05, 3.63) is 0 Å².